The molecular formula is C20H22ClN3O4. The molecule has 7 nitrogen and oxygen atoms in total. The lowest BCUT2D eigenvalue weighted by atomic mass is 9.99. The summed E-state index contributed by atoms with van der Waals surface area (Å²) in [5.74, 6) is -1.13. The number of nitrogens with zero attached hydrogens (tertiary/aromatic N) is 2. The number of urea groups is 1. The predicted molar refractivity (Wildman–Crippen MR) is 105 cm³/mol. The van der Waals surface area contributed by atoms with Crippen LogP contribution >= 0.6 is 11.6 Å². The minimum Gasteiger partial charge on any atom is -0.459 e. The van der Waals surface area contributed by atoms with Crippen molar-refractivity contribution in [1.29, 1.82) is 0 Å². The summed E-state index contributed by atoms with van der Waals surface area (Å²) in [7, 11) is 0. The van der Waals surface area contributed by atoms with Gasteiger partial charge in [0.1, 0.15) is 23.8 Å². The Balaban J connectivity index is 1.70. The molecule has 1 aliphatic heterocycles. The zero-order valence-corrected chi connectivity index (χ0v) is 17.0. The third kappa shape index (κ3) is 3.54. The first-order valence-corrected chi connectivity index (χ1v) is 9.39. The van der Waals surface area contributed by atoms with Gasteiger partial charge in [-0.1, -0.05) is 30.7 Å². The fourth-order valence-electron chi connectivity index (χ4n) is 3.07. The Bertz CT molecular complexity index is 991. The Hall–Kier alpha value is -2.67. The quantitative estimate of drug-likeness (QED) is 0.470. The van der Waals surface area contributed by atoms with Crippen LogP contribution in [0.4, 0.5) is 4.79 Å². The highest BCUT2D eigenvalue weighted by atomic mass is 35.5. The maximum absolute atomic E-state index is 12.3. The first-order chi connectivity index (χ1) is 13.2. The molecule has 2 aromatic rings. The molecule has 0 aliphatic carbocycles. The molecule has 3 rings (SSSR count). The van der Waals surface area contributed by atoms with Gasteiger partial charge in [0.25, 0.3) is 5.91 Å². The summed E-state index contributed by atoms with van der Waals surface area (Å²) in [6.45, 7) is 6.85. The smallest absolute Gasteiger partial charge is 0.326 e. The molecule has 1 aliphatic rings. The maximum atomic E-state index is 12.3. The minimum absolute atomic E-state index is 0.0950. The third-order valence-electron chi connectivity index (χ3n) is 5.27. The number of rotatable bonds is 5. The number of amides is 3. The van der Waals surface area contributed by atoms with Crippen LogP contribution in [0.25, 0.3) is 10.9 Å². The van der Waals surface area contributed by atoms with Gasteiger partial charge in [0.2, 0.25) is 0 Å². The van der Waals surface area contributed by atoms with Gasteiger partial charge in [-0.05, 0) is 44.4 Å². The number of aromatic nitrogens is 1. The van der Waals surface area contributed by atoms with E-state index in [1.807, 2.05) is 32.0 Å². The fourth-order valence-corrected chi connectivity index (χ4v) is 3.26. The van der Waals surface area contributed by atoms with Crippen LogP contribution in [-0.2, 0) is 20.9 Å². The zero-order chi connectivity index (χ0) is 20.6. The van der Waals surface area contributed by atoms with Crippen LogP contribution in [0.2, 0.25) is 5.15 Å². The lowest BCUT2D eigenvalue weighted by Crippen LogP contribution is -2.43. The standard InChI is InChI=1S/C20H22ClN3O4/c1-5-20(4)18(26)24(19(27)23-20)9-15(25)28-10-14-8-13-7-6-11(2)12(3)16(13)22-17(14)21/h6-8H,5,9-10H2,1-4H3,(H,23,27)/t20-/m1/s1. The normalized spacial score (nSPS) is 19.2. The minimum atomic E-state index is -0.987. The van der Waals surface area contributed by atoms with Gasteiger partial charge in [-0.3, -0.25) is 14.5 Å². The summed E-state index contributed by atoms with van der Waals surface area (Å²) in [5.41, 5.74) is 2.53. The van der Waals surface area contributed by atoms with Crippen LogP contribution in [0, 0.1) is 13.8 Å². The maximum Gasteiger partial charge on any atom is 0.326 e. The van der Waals surface area contributed by atoms with E-state index in [0.29, 0.717) is 12.0 Å². The fraction of sp³-hybridized carbons (Fsp3) is 0.400. The van der Waals surface area contributed by atoms with Crippen molar-refractivity contribution >= 4 is 40.4 Å². The van der Waals surface area contributed by atoms with Crippen LogP contribution in [0.1, 0.15) is 37.0 Å². The first kappa shape index (κ1) is 20.1. The van der Waals surface area contributed by atoms with Gasteiger partial charge in [0.15, 0.2) is 0 Å². The molecule has 1 N–H and O–H groups in total. The van der Waals surface area contributed by atoms with E-state index in [0.717, 1.165) is 26.9 Å². The number of carbonyl (C=O) groups excluding carboxylic acids is 3. The van der Waals surface area contributed by atoms with Crippen molar-refractivity contribution in [2.24, 2.45) is 0 Å². The summed E-state index contributed by atoms with van der Waals surface area (Å²) in [5, 5.41) is 3.74. The van der Waals surface area contributed by atoms with Gasteiger partial charge in [-0.25, -0.2) is 9.78 Å². The molecule has 8 heteroatoms. The van der Waals surface area contributed by atoms with E-state index in [1.165, 1.54) is 0 Å². The summed E-state index contributed by atoms with van der Waals surface area (Å²) < 4.78 is 5.23. The van der Waals surface area contributed by atoms with Crippen LogP contribution in [0.5, 0.6) is 0 Å². The average Bonchev–Trinajstić information content (AvgIpc) is 2.87. The van der Waals surface area contributed by atoms with E-state index < -0.39 is 30.0 Å². The highest BCUT2D eigenvalue weighted by Gasteiger charge is 2.47. The van der Waals surface area contributed by atoms with Gasteiger partial charge in [-0.2, -0.15) is 0 Å². The van der Waals surface area contributed by atoms with Crippen molar-refractivity contribution in [1.82, 2.24) is 15.2 Å². The monoisotopic (exact) mass is 403 g/mol. The van der Waals surface area contributed by atoms with Gasteiger partial charge in [-0.15, -0.1) is 0 Å². The van der Waals surface area contributed by atoms with Crippen molar-refractivity contribution < 1.29 is 19.1 Å². The van der Waals surface area contributed by atoms with Gasteiger partial charge < -0.3 is 10.1 Å². The summed E-state index contributed by atoms with van der Waals surface area (Å²) in [6, 6.07) is 5.16. The van der Waals surface area contributed by atoms with Crippen molar-refractivity contribution in [2.45, 2.75) is 46.3 Å². The molecule has 0 bridgehead atoms. The Morgan fingerprint density at radius 3 is 2.68 bits per heavy atom. The number of halogens is 1. The van der Waals surface area contributed by atoms with Crippen LogP contribution in [0.15, 0.2) is 18.2 Å². The van der Waals surface area contributed by atoms with E-state index in [-0.39, 0.29) is 11.8 Å². The van der Waals surface area contributed by atoms with E-state index in [1.54, 1.807) is 13.8 Å². The number of fused-ring (bicyclic) bond motifs is 1. The molecular weight excluding hydrogens is 382 g/mol. The van der Waals surface area contributed by atoms with Crippen molar-refractivity contribution in [2.75, 3.05) is 6.54 Å². The van der Waals surface area contributed by atoms with E-state index >= 15 is 0 Å². The molecule has 1 atom stereocenters. The summed E-state index contributed by atoms with van der Waals surface area (Å²) >= 11 is 6.25. The highest BCUT2D eigenvalue weighted by Crippen LogP contribution is 2.25. The molecule has 1 saturated heterocycles. The molecule has 1 aromatic heterocycles. The molecule has 1 fully saturated rings. The van der Waals surface area contributed by atoms with E-state index in [2.05, 4.69) is 10.3 Å². The lowest BCUT2D eigenvalue weighted by molar-refractivity contribution is -0.148. The molecule has 0 saturated carbocycles. The number of ether oxygens (including phenoxy) is 1. The number of hydrogen-bond acceptors (Lipinski definition) is 5. The number of pyridine rings is 1. The Labute approximate surface area is 168 Å². The van der Waals surface area contributed by atoms with E-state index in [4.69, 9.17) is 16.3 Å². The Kier molecular flexibility index (Phi) is 5.30. The van der Waals surface area contributed by atoms with Gasteiger partial charge in [0, 0.05) is 10.9 Å². The SMILES string of the molecule is CC[C@@]1(C)NC(=O)N(CC(=O)OCc2cc3ccc(C)c(C)c3nc2Cl)C1=O. The molecule has 0 unspecified atom stereocenters. The topological polar surface area (TPSA) is 88.6 Å². The highest BCUT2D eigenvalue weighted by molar-refractivity contribution is 6.30. The summed E-state index contributed by atoms with van der Waals surface area (Å²) in [4.78, 5) is 41.8. The van der Waals surface area contributed by atoms with Crippen LogP contribution in [0.3, 0.4) is 0 Å². The second kappa shape index (κ2) is 7.39. The zero-order valence-electron chi connectivity index (χ0n) is 16.3. The average molecular weight is 404 g/mol. The van der Waals surface area contributed by atoms with Gasteiger partial charge in [0.05, 0.1) is 5.52 Å². The van der Waals surface area contributed by atoms with Gasteiger partial charge >= 0.3 is 12.0 Å². The second-order valence-corrected chi connectivity index (χ2v) is 7.54. The number of aryl methyl sites for hydroxylation is 2. The molecule has 28 heavy (non-hydrogen) atoms. The summed E-state index contributed by atoms with van der Waals surface area (Å²) in [6.07, 6.45) is 0.431. The Morgan fingerprint density at radius 2 is 2.04 bits per heavy atom. The largest absolute Gasteiger partial charge is 0.459 e. The molecule has 1 aromatic carbocycles. The first-order valence-electron chi connectivity index (χ1n) is 9.01. The number of carbonyl (C=O) groups is 3. The predicted octanol–water partition coefficient (Wildman–Crippen LogP) is 3.27. The number of imide groups is 1. The molecule has 2 heterocycles. The molecule has 0 spiro atoms. The number of esters is 1. The third-order valence-corrected chi connectivity index (χ3v) is 5.59. The van der Waals surface area contributed by atoms with Crippen molar-refractivity contribution in [3.05, 3.63) is 40.0 Å². The number of benzene rings is 1. The van der Waals surface area contributed by atoms with Crippen LogP contribution in [-0.4, -0.2) is 39.9 Å². The molecule has 148 valence electrons. The second-order valence-electron chi connectivity index (χ2n) is 7.19. The van der Waals surface area contributed by atoms with E-state index in [9.17, 15) is 14.4 Å². The lowest BCUT2D eigenvalue weighted by Gasteiger charge is -2.18. The molecule has 0 radical (unpaired) electrons. The Morgan fingerprint density at radius 1 is 1.32 bits per heavy atom. The molecule has 3 amide bonds. The van der Waals surface area contributed by atoms with Crippen molar-refractivity contribution in [3.63, 3.8) is 0 Å². The number of hydrogen-bond donors (Lipinski definition) is 1. The van der Waals surface area contributed by atoms with Crippen LogP contribution < -0.4 is 5.32 Å². The van der Waals surface area contributed by atoms with Crippen molar-refractivity contribution in [3.8, 4) is 0 Å². The number of nitrogens with one attached hydrogen (secondary N) is 1.